The van der Waals surface area contributed by atoms with Gasteiger partial charge in [0.2, 0.25) is 0 Å². The minimum Gasteiger partial charge on any atom is -0.496 e. The number of alkyl halides is 3. The average molecular weight is 442 g/mol. The summed E-state index contributed by atoms with van der Waals surface area (Å²) < 4.78 is 44.6. The molecule has 1 aromatic carbocycles. The molecule has 1 N–H and O–H groups in total. The first kappa shape index (κ1) is 21.8. The van der Waals surface area contributed by atoms with Crippen LogP contribution < -0.4 is 4.74 Å². The number of hydrogen-bond acceptors (Lipinski definition) is 5. The molecule has 4 rings (SSSR count). The van der Waals surface area contributed by atoms with Crippen LogP contribution in [0.15, 0.2) is 54.7 Å². The van der Waals surface area contributed by atoms with E-state index in [4.69, 9.17) is 4.74 Å². The van der Waals surface area contributed by atoms with Crippen LogP contribution in [0.2, 0.25) is 0 Å². The first-order valence-corrected chi connectivity index (χ1v) is 10.0. The molecule has 0 aliphatic carbocycles. The molecule has 166 valence electrons. The first-order valence-electron chi connectivity index (χ1n) is 10.0. The van der Waals surface area contributed by atoms with Gasteiger partial charge in [0.05, 0.1) is 42.2 Å². The van der Waals surface area contributed by atoms with Gasteiger partial charge in [-0.25, -0.2) is 9.67 Å². The molecule has 0 atom stereocenters. The van der Waals surface area contributed by atoms with Gasteiger partial charge in [-0.2, -0.15) is 18.3 Å². The van der Waals surface area contributed by atoms with Crippen LogP contribution in [0, 0.1) is 0 Å². The number of pyridine rings is 2. The van der Waals surface area contributed by atoms with E-state index in [-0.39, 0.29) is 19.4 Å². The highest BCUT2D eigenvalue weighted by Crippen LogP contribution is 2.33. The van der Waals surface area contributed by atoms with E-state index in [9.17, 15) is 18.3 Å². The lowest BCUT2D eigenvalue weighted by Crippen LogP contribution is -2.07. The molecule has 0 amide bonds. The number of aliphatic hydroxyl groups is 1. The maximum absolute atomic E-state index is 12.5. The Kier molecular flexibility index (Phi) is 6.09. The Bertz CT molecular complexity index is 1240. The van der Waals surface area contributed by atoms with Crippen molar-refractivity contribution in [2.45, 2.75) is 32.0 Å². The molecular formula is C23H21F3N4O2. The van der Waals surface area contributed by atoms with Gasteiger partial charge in [0.15, 0.2) is 5.82 Å². The fourth-order valence-electron chi connectivity index (χ4n) is 3.52. The number of methoxy groups -OCH3 is 1. The number of aromatic nitrogens is 4. The van der Waals surface area contributed by atoms with Gasteiger partial charge < -0.3 is 9.84 Å². The number of hydrogen-bond donors (Lipinski definition) is 1. The Morgan fingerprint density at radius 2 is 1.81 bits per heavy atom. The summed E-state index contributed by atoms with van der Waals surface area (Å²) in [7, 11) is 1.56. The Hall–Kier alpha value is -3.46. The predicted molar refractivity (Wildman–Crippen MR) is 114 cm³/mol. The van der Waals surface area contributed by atoms with E-state index >= 15 is 0 Å². The number of halogens is 3. The molecule has 6 nitrogen and oxygen atoms in total. The summed E-state index contributed by atoms with van der Waals surface area (Å²) in [4.78, 5) is 8.97. The molecule has 3 aromatic heterocycles. The second-order valence-corrected chi connectivity index (χ2v) is 7.30. The minimum absolute atomic E-state index is 0.0120. The van der Waals surface area contributed by atoms with Gasteiger partial charge in [0.25, 0.3) is 0 Å². The highest BCUT2D eigenvalue weighted by molar-refractivity contribution is 5.90. The number of benzene rings is 1. The molecule has 3 heterocycles. The van der Waals surface area contributed by atoms with Gasteiger partial charge in [-0.05, 0) is 49.2 Å². The summed E-state index contributed by atoms with van der Waals surface area (Å²) in [6.07, 6.45) is -3.11. The number of aryl methyl sites for hydroxylation is 1. The van der Waals surface area contributed by atoms with Crippen LogP contribution in [0.5, 0.6) is 5.75 Å². The molecule has 0 radical (unpaired) electrons. The lowest BCUT2D eigenvalue weighted by atomic mass is 10.1. The fourth-order valence-corrected chi connectivity index (χ4v) is 3.52. The van der Waals surface area contributed by atoms with Crippen molar-refractivity contribution in [1.82, 2.24) is 19.7 Å². The summed E-state index contributed by atoms with van der Waals surface area (Å²) in [6, 6.07) is 14.3. The van der Waals surface area contributed by atoms with Gasteiger partial charge in [-0.3, -0.25) is 4.98 Å². The largest absolute Gasteiger partial charge is 0.496 e. The van der Waals surface area contributed by atoms with E-state index in [2.05, 4.69) is 15.1 Å². The Labute approximate surface area is 182 Å². The molecule has 0 fully saturated rings. The summed E-state index contributed by atoms with van der Waals surface area (Å²) in [5, 5.41) is 14.6. The van der Waals surface area contributed by atoms with Crippen LogP contribution >= 0.6 is 0 Å². The SMILES string of the molecule is COc1cc(-c2cccc(CCCC(F)(F)F)n2)cc2c1cnn2-c1cccc(CO)n1. The van der Waals surface area contributed by atoms with Crippen molar-refractivity contribution >= 4 is 10.9 Å². The summed E-state index contributed by atoms with van der Waals surface area (Å²) in [5.41, 5.74) is 3.21. The smallest absolute Gasteiger partial charge is 0.389 e. The topological polar surface area (TPSA) is 73.1 Å². The van der Waals surface area contributed by atoms with Crippen LogP contribution in [0.1, 0.15) is 24.2 Å². The highest BCUT2D eigenvalue weighted by atomic mass is 19.4. The standard InChI is InChI=1S/C23H21F3N4O2/c1-32-21-12-15(19-8-2-5-16(28-19)7-4-10-23(24,25)26)11-20-18(21)13-27-30(20)22-9-3-6-17(14-31)29-22/h2-3,5-6,8-9,11-13,31H,4,7,10,14H2,1H3. The highest BCUT2D eigenvalue weighted by Gasteiger charge is 2.26. The van der Waals surface area contributed by atoms with Crippen molar-refractivity contribution in [2.24, 2.45) is 0 Å². The molecular weight excluding hydrogens is 421 g/mol. The number of fused-ring (bicyclic) bond motifs is 1. The van der Waals surface area contributed by atoms with Crippen molar-refractivity contribution in [3.8, 4) is 22.8 Å². The molecule has 4 aromatic rings. The van der Waals surface area contributed by atoms with Crippen LogP contribution in [-0.2, 0) is 13.0 Å². The Balaban J connectivity index is 1.73. The van der Waals surface area contributed by atoms with E-state index in [0.29, 0.717) is 28.6 Å². The summed E-state index contributed by atoms with van der Waals surface area (Å²) in [5.74, 6) is 1.13. The van der Waals surface area contributed by atoms with Gasteiger partial charge in [0, 0.05) is 17.7 Å². The maximum Gasteiger partial charge on any atom is 0.389 e. The van der Waals surface area contributed by atoms with Crippen molar-refractivity contribution in [3.63, 3.8) is 0 Å². The van der Waals surface area contributed by atoms with Gasteiger partial charge in [-0.15, -0.1) is 0 Å². The molecule has 0 aliphatic rings. The third-order valence-electron chi connectivity index (χ3n) is 5.04. The second-order valence-electron chi connectivity index (χ2n) is 7.30. The van der Waals surface area contributed by atoms with Crippen LogP contribution in [0.4, 0.5) is 13.2 Å². The molecule has 0 unspecified atom stereocenters. The zero-order valence-corrected chi connectivity index (χ0v) is 17.3. The van der Waals surface area contributed by atoms with Crippen molar-refractivity contribution < 1.29 is 23.0 Å². The molecule has 32 heavy (non-hydrogen) atoms. The van der Waals surface area contributed by atoms with E-state index in [0.717, 1.165) is 16.5 Å². The molecule has 0 saturated carbocycles. The lowest BCUT2D eigenvalue weighted by Gasteiger charge is -2.10. The van der Waals surface area contributed by atoms with E-state index < -0.39 is 12.6 Å². The van der Waals surface area contributed by atoms with Gasteiger partial charge in [-0.1, -0.05) is 12.1 Å². The van der Waals surface area contributed by atoms with E-state index in [1.165, 1.54) is 0 Å². The summed E-state index contributed by atoms with van der Waals surface area (Å²) in [6.45, 7) is -0.188. The zero-order valence-electron chi connectivity index (χ0n) is 17.3. The quantitative estimate of drug-likeness (QED) is 0.442. The molecule has 9 heteroatoms. The fraction of sp³-hybridized carbons (Fsp3) is 0.261. The maximum atomic E-state index is 12.5. The number of rotatable bonds is 7. The number of ether oxygens (including phenoxy) is 1. The summed E-state index contributed by atoms with van der Waals surface area (Å²) >= 11 is 0. The van der Waals surface area contributed by atoms with Crippen LogP contribution in [0.25, 0.3) is 28.0 Å². The molecule has 0 saturated heterocycles. The van der Waals surface area contributed by atoms with Crippen molar-refractivity contribution in [2.75, 3.05) is 7.11 Å². The molecule has 0 aliphatic heterocycles. The minimum atomic E-state index is -4.17. The van der Waals surface area contributed by atoms with E-state index in [1.54, 1.807) is 54.4 Å². The average Bonchev–Trinajstić information content (AvgIpc) is 3.22. The lowest BCUT2D eigenvalue weighted by molar-refractivity contribution is -0.135. The monoisotopic (exact) mass is 442 g/mol. The molecule has 0 bridgehead atoms. The number of aliphatic hydroxyl groups excluding tert-OH is 1. The van der Waals surface area contributed by atoms with Crippen molar-refractivity contribution in [1.29, 1.82) is 0 Å². The van der Waals surface area contributed by atoms with Gasteiger partial charge in [0.1, 0.15) is 5.75 Å². The molecule has 0 spiro atoms. The Morgan fingerprint density at radius 1 is 1.03 bits per heavy atom. The third kappa shape index (κ3) is 4.72. The van der Waals surface area contributed by atoms with Crippen LogP contribution in [0.3, 0.4) is 0 Å². The van der Waals surface area contributed by atoms with Crippen LogP contribution in [-0.4, -0.2) is 38.1 Å². The second kappa shape index (κ2) is 8.96. The third-order valence-corrected chi connectivity index (χ3v) is 5.04. The Morgan fingerprint density at radius 3 is 2.56 bits per heavy atom. The first-order chi connectivity index (χ1) is 15.4. The zero-order chi connectivity index (χ0) is 22.7. The van der Waals surface area contributed by atoms with Gasteiger partial charge >= 0.3 is 6.18 Å². The number of nitrogens with zero attached hydrogens (tertiary/aromatic N) is 4. The predicted octanol–water partition coefficient (Wildman–Crippen LogP) is 4.87. The normalized spacial score (nSPS) is 11.8. The van der Waals surface area contributed by atoms with Crippen molar-refractivity contribution in [3.05, 3.63) is 66.1 Å². The van der Waals surface area contributed by atoms with E-state index in [1.807, 2.05) is 12.1 Å².